The summed E-state index contributed by atoms with van der Waals surface area (Å²) in [7, 11) is 0. The first-order valence-electron chi connectivity index (χ1n) is 9.10. The van der Waals surface area contributed by atoms with Crippen molar-refractivity contribution in [1.29, 1.82) is 0 Å². The van der Waals surface area contributed by atoms with Gasteiger partial charge in [-0.05, 0) is 74.9 Å². The summed E-state index contributed by atoms with van der Waals surface area (Å²) in [6, 6.07) is 27.0. The maximum Gasteiger partial charge on any atom is 0.0529 e. The molecular weight excluding hydrogens is 427 g/mol. The van der Waals surface area contributed by atoms with Crippen LogP contribution in [0, 0.1) is 9.49 Å². The van der Waals surface area contributed by atoms with Gasteiger partial charge in [0.25, 0.3) is 0 Å². The van der Waals surface area contributed by atoms with E-state index >= 15 is 0 Å². The van der Waals surface area contributed by atoms with E-state index in [0.29, 0.717) is 5.92 Å². The smallest absolute Gasteiger partial charge is 0.0529 e. The molecule has 0 aromatic heterocycles. The average Bonchev–Trinajstić information content (AvgIpc) is 3.00. The minimum absolute atomic E-state index is 0.129. The van der Waals surface area contributed by atoms with Gasteiger partial charge in [0.1, 0.15) is 0 Å². The van der Waals surface area contributed by atoms with Crippen LogP contribution in [-0.2, 0) is 5.41 Å². The molecule has 0 aliphatic heterocycles. The molecule has 3 aromatic rings. The van der Waals surface area contributed by atoms with Crippen LogP contribution in [0.4, 0.5) is 0 Å². The Kier molecular flexibility index (Phi) is 3.86. The van der Waals surface area contributed by atoms with Gasteiger partial charge in [-0.3, -0.25) is 0 Å². The van der Waals surface area contributed by atoms with Crippen LogP contribution in [-0.4, -0.2) is 0 Å². The molecule has 0 nitrogen and oxygen atoms in total. The standard InChI is InChI=1S/C25H19I/c26-20-15-16-22-21-13-7-8-14-23(21)25(24(22)17-20,18-9-3-1-4-10-18)19-11-5-2-6-12-19/h1-11,13-17,19H,12H2. The van der Waals surface area contributed by atoms with E-state index in [1.54, 1.807) is 0 Å². The van der Waals surface area contributed by atoms with Crippen molar-refractivity contribution in [3.05, 3.63) is 117 Å². The third-order valence-corrected chi connectivity index (χ3v) is 6.49. The molecule has 0 spiro atoms. The largest absolute Gasteiger partial charge is 0.0839 e. The van der Waals surface area contributed by atoms with Crippen LogP contribution >= 0.6 is 22.6 Å². The number of fused-ring (bicyclic) bond motifs is 3. The summed E-state index contributed by atoms with van der Waals surface area (Å²) in [5.74, 6) is 0.412. The van der Waals surface area contributed by atoms with Crippen molar-refractivity contribution < 1.29 is 0 Å². The van der Waals surface area contributed by atoms with Gasteiger partial charge in [0.05, 0.1) is 5.41 Å². The maximum atomic E-state index is 2.45. The fraction of sp³-hybridized carbons (Fsp3) is 0.120. The second-order valence-corrected chi connectivity index (χ2v) is 8.31. The van der Waals surface area contributed by atoms with Crippen molar-refractivity contribution in [3.63, 3.8) is 0 Å². The van der Waals surface area contributed by atoms with Gasteiger partial charge in [-0.15, -0.1) is 0 Å². The van der Waals surface area contributed by atoms with Crippen molar-refractivity contribution in [3.8, 4) is 11.1 Å². The second kappa shape index (κ2) is 6.24. The predicted octanol–water partition coefficient (Wildman–Crippen LogP) is 6.74. The third-order valence-electron chi connectivity index (χ3n) is 5.81. The molecule has 0 heterocycles. The normalized spacial score (nSPS) is 22.9. The molecule has 2 aliphatic carbocycles. The van der Waals surface area contributed by atoms with E-state index in [1.807, 2.05) is 0 Å². The molecule has 0 amide bonds. The lowest BCUT2D eigenvalue weighted by Gasteiger charge is -2.39. The number of hydrogen-bond acceptors (Lipinski definition) is 0. The molecule has 0 fully saturated rings. The Morgan fingerprint density at radius 3 is 2.35 bits per heavy atom. The Bertz CT molecular complexity index is 1030. The summed E-state index contributed by atoms with van der Waals surface area (Å²) in [5.41, 5.74) is 6.90. The van der Waals surface area contributed by atoms with E-state index in [1.165, 1.54) is 31.4 Å². The van der Waals surface area contributed by atoms with Gasteiger partial charge in [-0.2, -0.15) is 0 Å². The lowest BCUT2D eigenvalue weighted by molar-refractivity contribution is 0.457. The molecule has 0 N–H and O–H groups in total. The topological polar surface area (TPSA) is 0 Å². The number of halogens is 1. The minimum Gasteiger partial charge on any atom is -0.0839 e. The molecule has 2 unspecified atom stereocenters. The molecule has 2 atom stereocenters. The van der Waals surface area contributed by atoms with Gasteiger partial charge in [-0.25, -0.2) is 0 Å². The minimum atomic E-state index is -0.129. The summed E-state index contributed by atoms with van der Waals surface area (Å²) < 4.78 is 1.30. The molecule has 5 rings (SSSR count). The second-order valence-electron chi connectivity index (χ2n) is 7.06. The van der Waals surface area contributed by atoms with Crippen molar-refractivity contribution in [2.75, 3.05) is 0 Å². The highest BCUT2D eigenvalue weighted by molar-refractivity contribution is 14.1. The van der Waals surface area contributed by atoms with Crippen LogP contribution in [0.3, 0.4) is 0 Å². The molecule has 0 saturated carbocycles. The van der Waals surface area contributed by atoms with E-state index in [9.17, 15) is 0 Å². The highest BCUT2D eigenvalue weighted by atomic mass is 127. The third kappa shape index (κ3) is 2.20. The quantitative estimate of drug-likeness (QED) is 0.383. The molecule has 1 heteroatoms. The Labute approximate surface area is 168 Å². The number of benzene rings is 3. The van der Waals surface area contributed by atoms with Crippen LogP contribution in [0.15, 0.2) is 97.1 Å². The van der Waals surface area contributed by atoms with Crippen molar-refractivity contribution in [1.82, 2.24) is 0 Å². The summed E-state index contributed by atoms with van der Waals surface area (Å²) in [6.45, 7) is 0. The zero-order chi connectivity index (χ0) is 17.6. The summed E-state index contributed by atoms with van der Waals surface area (Å²) >= 11 is 2.45. The lowest BCUT2D eigenvalue weighted by atomic mass is 9.62. The molecule has 2 aliphatic rings. The van der Waals surface area contributed by atoms with E-state index < -0.39 is 0 Å². The zero-order valence-corrected chi connectivity index (χ0v) is 16.6. The van der Waals surface area contributed by atoms with E-state index in [-0.39, 0.29) is 5.41 Å². The van der Waals surface area contributed by atoms with Crippen molar-refractivity contribution in [2.45, 2.75) is 11.8 Å². The van der Waals surface area contributed by atoms with Gasteiger partial charge in [0.15, 0.2) is 0 Å². The highest BCUT2D eigenvalue weighted by Gasteiger charge is 2.48. The lowest BCUT2D eigenvalue weighted by Crippen LogP contribution is -2.35. The summed E-state index contributed by atoms with van der Waals surface area (Å²) in [4.78, 5) is 0. The van der Waals surface area contributed by atoms with E-state index in [0.717, 1.165) is 6.42 Å². The molecule has 0 bridgehead atoms. The molecule has 3 aromatic carbocycles. The first kappa shape index (κ1) is 16.1. The van der Waals surface area contributed by atoms with Gasteiger partial charge in [0, 0.05) is 3.57 Å². The highest BCUT2D eigenvalue weighted by Crippen LogP contribution is 2.57. The number of allylic oxidation sites excluding steroid dienone is 4. The van der Waals surface area contributed by atoms with Gasteiger partial charge in [-0.1, -0.05) is 85.0 Å². The van der Waals surface area contributed by atoms with Crippen LogP contribution in [0.1, 0.15) is 23.1 Å². The molecular formula is C25H19I. The van der Waals surface area contributed by atoms with E-state index in [4.69, 9.17) is 0 Å². The van der Waals surface area contributed by atoms with Crippen LogP contribution in [0.25, 0.3) is 11.1 Å². The first-order valence-corrected chi connectivity index (χ1v) is 10.2. The average molecular weight is 446 g/mol. The molecule has 0 radical (unpaired) electrons. The SMILES string of the molecule is Ic1ccc2c(c1)C(c1ccccc1)(C1C=CC=CC1)c1ccccc1-2. The first-order chi connectivity index (χ1) is 12.8. The molecule has 126 valence electrons. The number of rotatable bonds is 2. The summed E-state index contributed by atoms with van der Waals surface area (Å²) in [6.07, 6.45) is 10.2. The van der Waals surface area contributed by atoms with Crippen LogP contribution in [0.2, 0.25) is 0 Å². The number of hydrogen-bond donors (Lipinski definition) is 0. The van der Waals surface area contributed by atoms with E-state index in [2.05, 4.69) is 120 Å². The van der Waals surface area contributed by atoms with Crippen molar-refractivity contribution in [2.24, 2.45) is 5.92 Å². The Morgan fingerprint density at radius 2 is 1.54 bits per heavy atom. The molecule has 0 saturated heterocycles. The van der Waals surface area contributed by atoms with Gasteiger partial charge in [0.2, 0.25) is 0 Å². The van der Waals surface area contributed by atoms with Crippen LogP contribution < -0.4 is 0 Å². The monoisotopic (exact) mass is 446 g/mol. The van der Waals surface area contributed by atoms with Crippen LogP contribution in [0.5, 0.6) is 0 Å². The fourth-order valence-electron chi connectivity index (χ4n) is 4.81. The Hall–Kier alpha value is -2.13. The maximum absolute atomic E-state index is 2.45. The molecule has 26 heavy (non-hydrogen) atoms. The van der Waals surface area contributed by atoms with Gasteiger partial charge >= 0.3 is 0 Å². The van der Waals surface area contributed by atoms with Gasteiger partial charge < -0.3 is 0 Å². The predicted molar refractivity (Wildman–Crippen MR) is 117 cm³/mol. The van der Waals surface area contributed by atoms with Crippen molar-refractivity contribution >= 4 is 22.6 Å². The Balaban J connectivity index is 1.92. The Morgan fingerprint density at radius 1 is 0.769 bits per heavy atom. The zero-order valence-electron chi connectivity index (χ0n) is 14.4. The fourth-order valence-corrected chi connectivity index (χ4v) is 5.30. The summed E-state index contributed by atoms with van der Waals surface area (Å²) in [5, 5.41) is 0.